The van der Waals surface area contributed by atoms with Crippen molar-refractivity contribution < 1.29 is 9.59 Å². The van der Waals surface area contributed by atoms with Crippen molar-refractivity contribution in [3.05, 3.63) is 41.7 Å². The highest BCUT2D eigenvalue weighted by atomic mass is 32.2. The van der Waals surface area contributed by atoms with Gasteiger partial charge in [0.1, 0.15) is 0 Å². The van der Waals surface area contributed by atoms with Gasteiger partial charge in [-0.15, -0.1) is 0 Å². The quantitative estimate of drug-likeness (QED) is 0.823. The number of carbonyl (C=O) groups is 2. The van der Waals surface area contributed by atoms with Gasteiger partial charge in [0, 0.05) is 34.9 Å². The number of rotatable bonds is 4. The summed E-state index contributed by atoms with van der Waals surface area (Å²) in [6, 6.07) is 9.54. The molecule has 130 valence electrons. The van der Waals surface area contributed by atoms with Crippen molar-refractivity contribution in [2.75, 3.05) is 11.9 Å². The average molecular weight is 356 g/mol. The van der Waals surface area contributed by atoms with Crippen LogP contribution in [0.15, 0.2) is 40.4 Å². The molecule has 0 aliphatic carbocycles. The van der Waals surface area contributed by atoms with E-state index in [0.29, 0.717) is 24.5 Å². The lowest BCUT2D eigenvalue weighted by atomic mass is 9.98. The Hall–Kier alpha value is -2.41. The second-order valence-corrected chi connectivity index (χ2v) is 7.13. The van der Waals surface area contributed by atoms with Crippen molar-refractivity contribution in [1.82, 2.24) is 15.3 Å². The van der Waals surface area contributed by atoms with Crippen LogP contribution in [0, 0.1) is 19.8 Å². The Labute approximate surface area is 150 Å². The van der Waals surface area contributed by atoms with Crippen molar-refractivity contribution in [3.8, 4) is 0 Å². The average Bonchev–Trinajstić information content (AvgIpc) is 2.56. The number of aryl methyl sites for hydroxylation is 2. The van der Waals surface area contributed by atoms with Crippen LogP contribution in [0.25, 0.3) is 0 Å². The number of piperidine rings is 1. The topological polar surface area (TPSA) is 84.0 Å². The molecule has 0 spiro atoms. The smallest absolute Gasteiger partial charge is 0.229 e. The molecule has 1 saturated heterocycles. The van der Waals surface area contributed by atoms with Gasteiger partial charge in [0.15, 0.2) is 5.16 Å². The maximum atomic E-state index is 12.2. The van der Waals surface area contributed by atoms with Gasteiger partial charge < -0.3 is 10.6 Å². The molecule has 1 atom stereocenters. The third-order valence-electron chi connectivity index (χ3n) is 3.93. The minimum atomic E-state index is -0.171. The number of carbonyl (C=O) groups excluding carboxylic acids is 2. The first-order chi connectivity index (χ1) is 12.0. The van der Waals surface area contributed by atoms with Gasteiger partial charge in [-0.05, 0) is 62.4 Å². The zero-order valence-electron chi connectivity index (χ0n) is 14.2. The first-order valence-electron chi connectivity index (χ1n) is 8.17. The third-order valence-corrected chi connectivity index (χ3v) is 4.80. The fourth-order valence-electron chi connectivity index (χ4n) is 2.65. The molecule has 0 bridgehead atoms. The van der Waals surface area contributed by atoms with E-state index >= 15 is 0 Å². The lowest BCUT2D eigenvalue weighted by Crippen LogP contribution is -2.40. The molecule has 6 nitrogen and oxygen atoms in total. The molecule has 1 aliphatic rings. The standard InChI is InChI=1S/C18H20N4O2S/c1-11-9-12(2)21-18(20-11)25-15-6-4-14(5-7-15)22-17(24)13-3-8-16(23)19-10-13/h4-7,9,13H,3,8,10H2,1-2H3,(H,19,23)(H,22,24)/t13-/m1/s1. The van der Waals surface area contributed by atoms with Crippen LogP contribution in [0.3, 0.4) is 0 Å². The summed E-state index contributed by atoms with van der Waals surface area (Å²) in [6.45, 7) is 4.30. The van der Waals surface area contributed by atoms with Crippen molar-refractivity contribution in [2.24, 2.45) is 5.92 Å². The highest BCUT2D eigenvalue weighted by molar-refractivity contribution is 7.99. The van der Waals surface area contributed by atoms with Gasteiger partial charge >= 0.3 is 0 Å². The zero-order valence-corrected chi connectivity index (χ0v) is 15.0. The summed E-state index contributed by atoms with van der Waals surface area (Å²) < 4.78 is 0. The molecular weight excluding hydrogens is 336 g/mol. The van der Waals surface area contributed by atoms with Crippen LogP contribution in [-0.2, 0) is 9.59 Å². The SMILES string of the molecule is Cc1cc(C)nc(Sc2ccc(NC(=O)[C@@H]3CCC(=O)NC3)cc2)n1. The maximum Gasteiger partial charge on any atom is 0.229 e. The molecule has 2 N–H and O–H groups in total. The summed E-state index contributed by atoms with van der Waals surface area (Å²) in [5.41, 5.74) is 2.63. The van der Waals surface area contributed by atoms with Gasteiger partial charge in [-0.2, -0.15) is 0 Å². The van der Waals surface area contributed by atoms with Crippen LogP contribution >= 0.6 is 11.8 Å². The molecule has 2 aromatic rings. The monoisotopic (exact) mass is 356 g/mol. The largest absolute Gasteiger partial charge is 0.355 e. The second kappa shape index (κ2) is 7.65. The van der Waals surface area contributed by atoms with Crippen LogP contribution < -0.4 is 10.6 Å². The Morgan fingerprint density at radius 1 is 1.20 bits per heavy atom. The molecule has 1 fully saturated rings. The summed E-state index contributed by atoms with van der Waals surface area (Å²) in [7, 11) is 0. The lowest BCUT2D eigenvalue weighted by Gasteiger charge is -2.21. The number of nitrogens with zero attached hydrogens (tertiary/aromatic N) is 2. The van der Waals surface area contributed by atoms with Gasteiger partial charge in [0.05, 0.1) is 5.92 Å². The van der Waals surface area contributed by atoms with E-state index in [9.17, 15) is 9.59 Å². The predicted molar refractivity (Wildman–Crippen MR) is 96.4 cm³/mol. The molecule has 1 aromatic carbocycles. The van der Waals surface area contributed by atoms with E-state index in [1.54, 1.807) is 0 Å². The van der Waals surface area contributed by atoms with Crippen LogP contribution in [0.1, 0.15) is 24.2 Å². The van der Waals surface area contributed by atoms with Gasteiger partial charge in [-0.3, -0.25) is 9.59 Å². The molecule has 0 saturated carbocycles. The zero-order chi connectivity index (χ0) is 17.8. The van der Waals surface area contributed by atoms with Crippen LogP contribution in [-0.4, -0.2) is 28.3 Å². The summed E-state index contributed by atoms with van der Waals surface area (Å²) in [5, 5.41) is 6.35. The van der Waals surface area contributed by atoms with E-state index in [-0.39, 0.29) is 17.7 Å². The molecule has 0 radical (unpaired) electrons. The molecule has 1 aromatic heterocycles. The van der Waals surface area contributed by atoms with Crippen molar-refractivity contribution in [1.29, 1.82) is 0 Å². The van der Waals surface area contributed by atoms with Gasteiger partial charge in [0.25, 0.3) is 0 Å². The first kappa shape index (κ1) is 17.4. The highest BCUT2D eigenvalue weighted by Gasteiger charge is 2.24. The molecule has 0 unspecified atom stereocenters. The van der Waals surface area contributed by atoms with Crippen molar-refractivity contribution >= 4 is 29.3 Å². The van der Waals surface area contributed by atoms with Gasteiger partial charge in [-0.25, -0.2) is 9.97 Å². The Kier molecular flexibility index (Phi) is 5.33. The number of amides is 2. The Morgan fingerprint density at radius 2 is 1.88 bits per heavy atom. The van der Waals surface area contributed by atoms with Crippen molar-refractivity contribution in [3.63, 3.8) is 0 Å². The fraction of sp³-hybridized carbons (Fsp3) is 0.333. The maximum absolute atomic E-state index is 12.2. The molecular formula is C18H20N4O2S. The van der Waals surface area contributed by atoms with E-state index in [2.05, 4.69) is 20.6 Å². The lowest BCUT2D eigenvalue weighted by molar-refractivity contribution is -0.126. The van der Waals surface area contributed by atoms with E-state index in [1.165, 1.54) is 11.8 Å². The number of benzene rings is 1. The normalized spacial score (nSPS) is 17.0. The Balaban J connectivity index is 1.60. The third kappa shape index (κ3) is 4.79. The summed E-state index contributed by atoms with van der Waals surface area (Å²) >= 11 is 1.49. The first-order valence-corrected chi connectivity index (χ1v) is 8.99. The molecule has 7 heteroatoms. The second-order valence-electron chi connectivity index (χ2n) is 6.09. The van der Waals surface area contributed by atoms with Crippen LogP contribution in [0.2, 0.25) is 0 Å². The minimum absolute atomic E-state index is 0.0130. The molecule has 2 amide bonds. The summed E-state index contributed by atoms with van der Waals surface area (Å²) in [4.78, 5) is 33.2. The van der Waals surface area contributed by atoms with Gasteiger partial charge in [-0.1, -0.05) is 0 Å². The predicted octanol–water partition coefficient (Wildman–Crippen LogP) is 2.71. The summed E-state index contributed by atoms with van der Waals surface area (Å²) in [6.07, 6.45) is 0.999. The number of anilines is 1. The minimum Gasteiger partial charge on any atom is -0.355 e. The van der Waals surface area contributed by atoms with Gasteiger partial charge in [0.2, 0.25) is 11.8 Å². The Morgan fingerprint density at radius 3 is 2.48 bits per heavy atom. The molecule has 1 aliphatic heterocycles. The van der Waals surface area contributed by atoms with E-state index in [1.807, 2.05) is 44.2 Å². The van der Waals surface area contributed by atoms with E-state index < -0.39 is 0 Å². The molecule has 2 heterocycles. The number of nitrogens with one attached hydrogen (secondary N) is 2. The van der Waals surface area contributed by atoms with Crippen LogP contribution in [0.5, 0.6) is 0 Å². The number of hydrogen-bond acceptors (Lipinski definition) is 5. The van der Waals surface area contributed by atoms with E-state index in [4.69, 9.17) is 0 Å². The Bertz CT molecular complexity index is 762. The summed E-state index contributed by atoms with van der Waals surface area (Å²) in [5.74, 6) is -0.215. The van der Waals surface area contributed by atoms with Crippen LogP contribution in [0.4, 0.5) is 5.69 Å². The fourth-order valence-corrected chi connectivity index (χ4v) is 3.51. The van der Waals surface area contributed by atoms with E-state index in [0.717, 1.165) is 22.0 Å². The number of hydrogen-bond donors (Lipinski definition) is 2. The highest BCUT2D eigenvalue weighted by Crippen LogP contribution is 2.26. The van der Waals surface area contributed by atoms with Crippen molar-refractivity contribution in [2.45, 2.75) is 36.7 Å². The molecule has 25 heavy (non-hydrogen) atoms. The molecule has 3 rings (SSSR count). The number of aromatic nitrogens is 2.